The highest BCUT2D eigenvalue weighted by molar-refractivity contribution is 6.13. The maximum absolute atomic E-state index is 10.9. The van der Waals surface area contributed by atoms with Gasteiger partial charge in [-0.15, -0.1) is 0 Å². The van der Waals surface area contributed by atoms with E-state index < -0.39 is 0 Å². The summed E-state index contributed by atoms with van der Waals surface area (Å²) in [5, 5.41) is 94.5. The molecule has 0 bridgehead atoms. The maximum Gasteiger partial charge on any atom is 0.138 e. The van der Waals surface area contributed by atoms with E-state index in [9.17, 15) is 47.4 Å². The summed E-state index contributed by atoms with van der Waals surface area (Å²) in [7, 11) is 0. The van der Waals surface area contributed by atoms with Gasteiger partial charge >= 0.3 is 0 Å². The van der Waals surface area contributed by atoms with Crippen molar-refractivity contribution in [3.05, 3.63) is 232 Å². The van der Waals surface area contributed by atoms with E-state index in [0.29, 0.717) is 139 Å². The Morgan fingerprint density at radius 2 is 0.613 bits per heavy atom. The van der Waals surface area contributed by atoms with Crippen LogP contribution in [0.25, 0.3) is 111 Å². The highest BCUT2D eigenvalue weighted by Gasteiger charge is 2.24. The Labute approximate surface area is 456 Å². The van der Waals surface area contributed by atoms with Crippen molar-refractivity contribution in [2.45, 2.75) is 0 Å². The Morgan fingerprint density at radius 1 is 0.275 bits per heavy atom. The fourth-order valence-corrected chi connectivity index (χ4v) is 10.8. The van der Waals surface area contributed by atoms with E-state index in [-0.39, 0.29) is 0 Å². The third kappa shape index (κ3) is 7.82. The lowest BCUT2D eigenvalue weighted by Gasteiger charge is -2.18. The third-order valence-electron chi connectivity index (χ3n) is 14.5. The van der Waals surface area contributed by atoms with Crippen LogP contribution in [0.5, 0.6) is 0 Å². The smallest absolute Gasteiger partial charge is 0.138 e. The molecule has 0 N–H and O–H groups in total. The fraction of sp³-hybridized carbons (Fsp3) is 0. The molecule has 0 aliphatic carbocycles. The molecule has 0 radical (unpaired) electrons. The molecule has 0 saturated heterocycles. The number of hydrogen-bond donors (Lipinski definition) is 0. The summed E-state index contributed by atoms with van der Waals surface area (Å²) in [6, 6.07) is 72.8. The Hall–Kier alpha value is -12.9. The number of aromatic nitrogens is 3. The van der Waals surface area contributed by atoms with Crippen LogP contribution in [-0.4, -0.2) is 14.1 Å². The predicted molar refractivity (Wildman–Crippen MR) is 303 cm³/mol. The van der Waals surface area contributed by atoms with E-state index in [1.54, 1.807) is 91.1 Å². The molecular weight excluding hydrogens is 985 g/mol. The minimum absolute atomic E-state index is 0.316. The van der Waals surface area contributed by atoms with Crippen LogP contribution in [-0.2, 0) is 0 Å². The van der Waals surface area contributed by atoms with Gasteiger partial charge in [0.05, 0.1) is 139 Å². The minimum atomic E-state index is 0.316. The van der Waals surface area contributed by atoms with Crippen molar-refractivity contribution >= 4 is 43.6 Å². The summed E-state index contributed by atoms with van der Waals surface area (Å²) in [6.45, 7) is 0. The average Bonchev–Trinajstić information content (AvgIpc) is 4.08. The molecule has 0 aliphatic heterocycles. The van der Waals surface area contributed by atoms with E-state index in [0.717, 1.165) is 21.5 Å². The van der Waals surface area contributed by atoms with Crippen LogP contribution in [0.4, 0.5) is 0 Å². The zero-order valence-electron chi connectivity index (χ0n) is 41.7. The summed E-state index contributed by atoms with van der Waals surface area (Å²) in [5.41, 5.74) is 12.9. The third-order valence-corrected chi connectivity index (χ3v) is 14.5. The molecule has 0 fully saturated rings. The lowest BCUT2D eigenvalue weighted by molar-refractivity contribution is 1.06. The Morgan fingerprint density at radius 3 is 0.950 bits per heavy atom. The van der Waals surface area contributed by atoms with Crippen molar-refractivity contribution in [3.8, 4) is 122 Å². The largest absolute Gasteiger partial charge is 0.307 e. The van der Waals surface area contributed by atoms with E-state index in [2.05, 4.69) is 59.2 Å². The molecule has 0 aliphatic rings. The van der Waals surface area contributed by atoms with Crippen LogP contribution in [0.1, 0.15) is 50.1 Å². The zero-order valence-corrected chi connectivity index (χ0v) is 41.7. The van der Waals surface area contributed by atoms with Gasteiger partial charge in [0.1, 0.15) is 5.82 Å². The molecule has 0 saturated carbocycles. The molecule has 3 heterocycles. The monoisotopic (exact) mass is 1010 g/mol. The van der Waals surface area contributed by atoms with Crippen LogP contribution in [0.15, 0.2) is 182 Å². The van der Waals surface area contributed by atoms with Crippen molar-refractivity contribution in [1.82, 2.24) is 14.1 Å². The van der Waals surface area contributed by atoms with Crippen molar-refractivity contribution in [3.63, 3.8) is 0 Å². The predicted octanol–water partition coefficient (Wildman–Crippen LogP) is 14.5. The van der Waals surface area contributed by atoms with Gasteiger partial charge in [-0.1, -0.05) is 91.0 Å². The molecule has 12 rings (SSSR count). The molecule has 0 spiro atoms. The SMILES string of the molecule is N#Cc1ccc(-c2ccc3c4ccc(-c5ccc(C#N)cc5C#N)cc4n(-c4cc(-c5ccccc5C#N)c(-n5c6cc(-c7ccc(C#N)cc7C#N)ccc6c6ccc(-c7ccc(C#N)cc7C#N)cc65)cn4)c3c2)c(C#N)c1. The molecule has 9 aromatic carbocycles. The summed E-state index contributed by atoms with van der Waals surface area (Å²) in [5.74, 6) is 0.445. The van der Waals surface area contributed by atoms with Gasteiger partial charge in [-0.05, 0) is 129 Å². The van der Waals surface area contributed by atoms with Crippen molar-refractivity contribution in [2.75, 3.05) is 0 Å². The van der Waals surface area contributed by atoms with Crippen LogP contribution in [0.2, 0.25) is 0 Å². The lowest BCUT2D eigenvalue weighted by Crippen LogP contribution is -2.04. The molecule has 80 heavy (non-hydrogen) atoms. The molecule has 0 amide bonds. The second-order valence-electron chi connectivity index (χ2n) is 18.8. The maximum atomic E-state index is 10.9. The molecule has 0 unspecified atom stereocenters. The van der Waals surface area contributed by atoms with E-state index in [1.165, 1.54) is 0 Å². The Balaban J connectivity index is 1.19. The van der Waals surface area contributed by atoms with Gasteiger partial charge in [0.15, 0.2) is 0 Å². The van der Waals surface area contributed by atoms with Crippen molar-refractivity contribution in [2.24, 2.45) is 0 Å². The normalized spacial score (nSPS) is 10.6. The minimum Gasteiger partial charge on any atom is -0.307 e. The second-order valence-corrected chi connectivity index (χ2v) is 18.8. The molecular formula is C68H30N12. The topological polar surface area (TPSA) is 237 Å². The summed E-state index contributed by atoms with van der Waals surface area (Å²) in [4.78, 5) is 5.34. The Bertz CT molecular complexity index is 4880. The fourth-order valence-electron chi connectivity index (χ4n) is 10.8. The quantitative estimate of drug-likeness (QED) is 0.146. The van der Waals surface area contributed by atoms with Gasteiger partial charge in [-0.25, -0.2) is 4.98 Å². The van der Waals surface area contributed by atoms with Crippen LogP contribution in [0, 0.1) is 102 Å². The number of hydrogen-bond acceptors (Lipinski definition) is 10. The van der Waals surface area contributed by atoms with Gasteiger partial charge in [0.25, 0.3) is 0 Å². The average molecular weight is 1020 g/mol. The number of fused-ring (bicyclic) bond motifs is 6. The second kappa shape index (κ2) is 19.4. The van der Waals surface area contributed by atoms with E-state index >= 15 is 0 Å². The number of nitriles is 9. The van der Waals surface area contributed by atoms with E-state index in [4.69, 9.17) is 4.98 Å². The van der Waals surface area contributed by atoms with Crippen LogP contribution < -0.4 is 0 Å². The molecule has 12 nitrogen and oxygen atoms in total. The molecule has 3 aromatic heterocycles. The van der Waals surface area contributed by atoms with E-state index in [1.807, 2.05) is 95.6 Å². The highest BCUT2D eigenvalue weighted by atomic mass is 15.1. The summed E-state index contributed by atoms with van der Waals surface area (Å²) < 4.78 is 4.07. The standard InChI is InChI=1S/C68H30N12/c69-30-40-5-13-53(49(21-40)35-74)44-9-17-58-59-18-10-45(54-14-6-41(31-70)22-50(54)36-75)26-64(59)79(63(58)25-44)67-39-78-68(29-62(67)57-4-2-1-3-48(57)34-73)80-65-27-46(55-15-7-42(32-71)23-51(55)37-76)11-19-60(65)61-20-12-47(28-66(61)80)56-16-8-43(33-72)24-52(56)38-77/h1-29,39H. The van der Waals surface area contributed by atoms with Crippen LogP contribution >= 0.6 is 0 Å². The summed E-state index contributed by atoms with van der Waals surface area (Å²) in [6.07, 6.45) is 1.76. The highest BCUT2D eigenvalue weighted by Crippen LogP contribution is 2.43. The van der Waals surface area contributed by atoms with Gasteiger partial charge in [-0.3, -0.25) is 4.57 Å². The first-order chi connectivity index (χ1) is 39.2. The molecule has 12 aromatic rings. The molecule has 362 valence electrons. The Kier molecular flexibility index (Phi) is 11.7. The van der Waals surface area contributed by atoms with Crippen molar-refractivity contribution < 1.29 is 0 Å². The van der Waals surface area contributed by atoms with Gasteiger partial charge in [0, 0.05) is 32.7 Å². The lowest BCUT2D eigenvalue weighted by atomic mass is 9.96. The molecule has 12 heteroatoms. The van der Waals surface area contributed by atoms with Crippen molar-refractivity contribution in [1.29, 1.82) is 47.4 Å². The number of benzene rings is 9. The number of nitrogens with zero attached hydrogens (tertiary/aromatic N) is 12. The number of rotatable bonds is 7. The van der Waals surface area contributed by atoms with Gasteiger partial charge in [-0.2, -0.15) is 47.4 Å². The van der Waals surface area contributed by atoms with Gasteiger partial charge < -0.3 is 4.57 Å². The molecule has 0 atom stereocenters. The summed E-state index contributed by atoms with van der Waals surface area (Å²) >= 11 is 0. The first-order valence-corrected chi connectivity index (χ1v) is 24.7. The first kappa shape index (κ1) is 48.1. The zero-order chi connectivity index (χ0) is 55.2. The number of pyridine rings is 1. The van der Waals surface area contributed by atoms with Gasteiger partial charge in [0.2, 0.25) is 0 Å². The van der Waals surface area contributed by atoms with Crippen LogP contribution in [0.3, 0.4) is 0 Å². The first-order valence-electron chi connectivity index (χ1n) is 24.7.